The van der Waals surface area contributed by atoms with Gasteiger partial charge in [0.25, 0.3) is 0 Å². The molecule has 0 radical (unpaired) electrons. The van der Waals surface area contributed by atoms with E-state index in [1.165, 1.54) is 0 Å². The van der Waals surface area contributed by atoms with Crippen molar-refractivity contribution in [3.05, 3.63) is 28.7 Å². The molecule has 1 aromatic carbocycles. The summed E-state index contributed by atoms with van der Waals surface area (Å²) in [4.78, 5) is 11.6. The molecule has 18 heavy (non-hydrogen) atoms. The van der Waals surface area contributed by atoms with Crippen LogP contribution in [0.25, 0.3) is 0 Å². The monoisotopic (exact) mass is 309 g/mol. The quantitative estimate of drug-likeness (QED) is 0.879. The van der Waals surface area contributed by atoms with Gasteiger partial charge in [-0.2, -0.15) is 5.26 Å². The number of rotatable bonds is 5. The third-order valence-electron chi connectivity index (χ3n) is 2.18. The second-order valence-corrected chi connectivity index (χ2v) is 5.17. The number of hydrogen-bond donors (Lipinski definition) is 2. The van der Waals surface area contributed by atoms with E-state index in [9.17, 15) is 4.79 Å². The van der Waals surface area contributed by atoms with Gasteiger partial charge >= 0.3 is 0 Å². The van der Waals surface area contributed by atoms with E-state index in [-0.39, 0.29) is 18.4 Å². The topological polar surface area (TPSA) is 64.9 Å². The second kappa shape index (κ2) is 7.02. The van der Waals surface area contributed by atoms with Crippen LogP contribution in [0, 0.1) is 11.3 Å². The number of nitrogens with one attached hydrogen (secondary N) is 2. The predicted octanol–water partition coefficient (Wildman–Crippen LogP) is 2.67. The Morgan fingerprint density at radius 3 is 2.50 bits per heavy atom. The van der Waals surface area contributed by atoms with Crippen molar-refractivity contribution < 1.29 is 4.79 Å². The SMILES string of the molecule is CC(C)NC(=O)CC(C#N)Nc1ccc(Br)cc1. The summed E-state index contributed by atoms with van der Waals surface area (Å²) in [6.45, 7) is 3.78. The van der Waals surface area contributed by atoms with Gasteiger partial charge in [-0.25, -0.2) is 0 Å². The number of carbonyl (C=O) groups is 1. The van der Waals surface area contributed by atoms with E-state index in [0.717, 1.165) is 10.2 Å². The van der Waals surface area contributed by atoms with E-state index in [2.05, 4.69) is 32.6 Å². The van der Waals surface area contributed by atoms with Crippen LogP contribution < -0.4 is 10.6 Å². The minimum absolute atomic E-state index is 0.0875. The van der Waals surface area contributed by atoms with Crippen LogP contribution in [0.4, 0.5) is 5.69 Å². The molecule has 0 aromatic heterocycles. The van der Waals surface area contributed by atoms with Gasteiger partial charge in [-0.05, 0) is 38.1 Å². The molecule has 5 heteroatoms. The zero-order valence-electron chi connectivity index (χ0n) is 10.4. The first-order chi connectivity index (χ1) is 8.51. The highest BCUT2D eigenvalue weighted by atomic mass is 79.9. The summed E-state index contributed by atoms with van der Waals surface area (Å²) < 4.78 is 0.971. The highest BCUT2D eigenvalue weighted by Gasteiger charge is 2.13. The smallest absolute Gasteiger partial charge is 0.223 e. The van der Waals surface area contributed by atoms with Gasteiger partial charge in [0.1, 0.15) is 6.04 Å². The third kappa shape index (κ3) is 5.19. The summed E-state index contributed by atoms with van der Waals surface area (Å²) in [5.41, 5.74) is 0.821. The largest absolute Gasteiger partial charge is 0.369 e. The van der Waals surface area contributed by atoms with Crippen LogP contribution in [0.3, 0.4) is 0 Å². The van der Waals surface area contributed by atoms with E-state index in [4.69, 9.17) is 5.26 Å². The summed E-state index contributed by atoms with van der Waals surface area (Å²) in [6.07, 6.45) is 0.144. The van der Waals surface area contributed by atoms with Gasteiger partial charge in [0.05, 0.1) is 12.5 Å². The molecule has 96 valence electrons. The lowest BCUT2D eigenvalue weighted by Crippen LogP contribution is -2.34. The minimum atomic E-state index is -0.523. The molecule has 4 nitrogen and oxygen atoms in total. The van der Waals surface area contributed by atoms with Crippen LogP contribution in [-0.2, 0) is 4.79 Å². The van der Waals surface area contributed by atoms with Crippen LogP contribution in [-0.4, -0.2) is 18.0 Å². The van der Waals surface area contributed by atoms with Gasteiger partial charge in [0.2, 0.25) is 5.91 Å². The van der Waals surface area contributed by atoms with Crippen molar-refractivity contribution in [2.45, 2.75) is 32.4 Å². The van der Waals surface area contributed by atoms with E-state index in [1.807, 2.05) is 38.1 Å². The molecule has 0 bridgehead atoms. The highest BCUT2D eigenvalue weighted by molar-refractivity contribution is 9.10. The first-order valence-electron chi connectivity index (χ1n) is 5.72. The molecule has 0 saturated heterocycles. The number of nitrogens with zero attached hydrogens (tertiary/aromatic N) is 1. The molecular weight excluding hydrogens is 294 g/mol. The normalized spacial score (nSPS) is 11.7. The summed E-state index contributed by atoms with van der Waals surface area (Å²) in [5, 5.41) is 14.8. The lowest BCUT2D eigenvalue weighted by atomic mass is 10.2. The maximum atomic E-state index is 11.6. The van der Waals surface area contributed by atoms with Gasteiger partial charge in [-0.3, -0.25) is 4.79 Å². The van der Waals surface area contributed by atoms with Crippen molar-refractivity contribution in [1.29, 1.82) is 5.26 Å². The molecule has 1 unspecified atom stereocenters. The molecule has 1 rings (SSSR count). The van der Waals surface area contributed by atoms with E-state index >= 15 is 0 Å². The molecule has 1 atom stereocenters. The van der Waals surface area contributed by atoms with E-state index < -0.39 is 6.04 Å². The van der Waals surface area contributed by atoms with Crippen molar-refractivity contribution in [1.82, 2.24) is 5.32 Å². The number of benzene rings is 1. The summed E-state index contributed by atoms with van der Waals surface area (Å²) in [5.74, 6) is -0.124. The molecule has 0 aliphatic rings. The summed E-state index contributed by atoms with van der Waals surface area (Å²) >= 11 is 3.34. The van der Waals surface area contributed by atoms with Crippen LogP contribution in [0.1, 0.15) is 20.3 Å². The molecule has 0 fully saturated rings. The van der Waals surface area contributed by atoms with Crippen molar-refractivity contribution in [3.63, 3.8) is 0 Å². The van der Waals surface area contributed by atoms with Crippen molar-refractivity contribution in [2.75, 3.05) is 5.32 Å². The minimum Gasteiger partial charge on any atom is -0.369 e. The van der Waals surface area contributed by atoms with Crippen LogP contribution in [0.15, 0.2) is 28.7 Å². The second-order valence-electron chi connectivity index (χ2n) is 4.26. The molecule has 1 amide bonds. The molecule has 2 N–H and O–H groups in total. The summed E-state index contributed by atoms with van der Waals surface area (Å²) in [6, 6.07) is 9.12. The van der Waals surface area contributed by atoms with Gasteiger partial charge in [0, 0.05) is 16.2 Å². The Bertz CT molecular complexity index is 437. The van der Waals surface area contributed by atoms with Crippen molar-refractivity contribution in [2.24, 2.45) is 0 Å². The molecule has 0 aliphatic heterocycles. The fourth-order valence-corrected chi connectivity index (χ4v) is 1.71. The lowest BCUT2D eigenvalue weighted by Gasteiger charge is -2.14. The van der Waals surface area contributed by atoms with E-state index in [0.29, 0.717) is 0 Å². The Morgan fingerprint density at radius 2 is 2.00 bits per heavy atom. The zero-order valence-corrected chi connectivity index (χ0v) is 12.0. The number of nitriles is 1. The number of carbonyl (C=O) groups excluding carboxylic acids is 1. The predicted molar refractivity (Wildman–Crippen MR) is 75.1 cm³/mol. The highest BCUT2D eigenvalue weighted by Crippen LogP contribution is 2.15. The zero-order chi connectivity index (χ0) is 13.5. The molecular formula is C13H16BrN3O. The maximum Gasteiger partial charge on any atom is 0.223 e. The van der Waals surface area contributed by atoms with Crippen LogP contribution >= 0.6 is 15.9 Å². The Hall–Kier alpha value is -1.54. The van der Waals surface area contributed by atoms with Crippen LogP contribution in [0.2, 0.25) is 0 Å². The fourth-order valence-electron chi connectivity index (χ4n) is 1.44. The molecule has 0 heterocycles. The first kappa shape index (κ1) is 14.5. The average Bonchev–Trinajstić information content (AvgIpc) is 2.30. The van der Waals surface area contributed by atoms with E-state index in [1.54, 1.807) is 0 Å². The average molecular weight is 310 g/mol. The Morgan fingerprint density at radius 1 is 1.39 bits per heavy atom. The fraction of sp³-hybridized carbons (Fsp3) is 0.385. The summed E-state index contributed by atoms with van der Waals surface area (Å²) in [7, 11) is 0. The van der Waals surface area contributed by atoms with Crippen molar-refractivity contribution in [3.8, 4) is 6.07 Å². The molecule has 0 aliphatic carbocycles. The van der Waals surface area contributed by atoms with Gasteiger partial charge in [-0.1, -0.05) is 15.9 Å². The van der Waals surface area contributed by atoms with Gasteiger partial charge < -0.3 is 10.6 Å². The lowest BCUT2D eigenvalue weighted by molar-refractivity contribution is -0.121. The number of halogens is 1. The maximum absolute atomic E-state index is 11.6. The Labute approximate surface area is 116 Å². The van der Waals surface area contributed by atoms with Crippen LogP contribution in [0.5, 0.6) is 0 Å². The molecule has 0 spiro atoms. The Kier molecular flexibility index (Phi) is 5.66. The molecule has 1 aromatic rings. The Balaban J connectivity index is 2.55. The van der Waals surface area contributed by atoms with Gasteiger partial charge in [-0.15, -0.1) is 0 Å². The first-order valence-corrected chi connectivity index (χ1v) is 6.51. The van der Waals surface area contributed by atoms with Crippen molar-refractivity contribution >= 4 is 27.5 Å². The molecule has 0 saturated carbocycles. The number of anilines is 1. The third-order valence-corrected chi connectivity index (χ3v) is 2.71. The van der Waals surface area contributed by atoms with Gasteiger partial charge in [0.15, 0.2) is 0 Å². The standard InChI is InChI=1S/C13H16BrN3O/c1-9(2)16-13(18)7-12(8-15)17-11-5-3-10(14)4-6-11/h3-6,9,12,17H,7H2,1-2H3,(H,16,18). The number of amides is 1. The number of hydrogen-bond acceptors (Lipinski definition) is 3.